The van der Waals surface area contributed by atoms with Crippen LogP contribution in [0.2, 0.25) is 0 Å². The number of aromatic nitrogens is 3. The zero-order chi connectivity index (χ0) is 24.3. The van der Waals surface area contributed by atoms with Crippen molar-refractivity contribution in [2.24, 2.45) is 0 Å². The van der Waals surface area contributed by atoms with E-state index in [-0.39, 0.29) is 18.1 Å². The highest BCUT2D eigenvalue weighted by Crippen LogP contribution is 2.38. The fourth-order valence-corrected chi connectivity index (χ4v) is 5.04. The minimum Gasteiger partial charge on any atom is -0.310 e. The molecule has 2 heterocycles. The summed E-state index contributed by atoms with van der Waals surface area (Å²) in [6.45, 7) is 7.98. The van der Waals surface area contributed by atoms with Crippen molar-refractivity contribution < 1.29 is 9.59 Å². The molecule has 3 aromatic rings. The van der Waals surface area contributed by atoms with Crippen molar-refractivity contribution in [2.75, 3.05) is 11.1 Å². The fraction of sp³-hybridized carbons (Fsp3) is 0.370. The monoisotopic (exact) mass is 474 g/mol. The van der Waals surface area contributed by atoms with Gasteiger partial charge in [0.1, 0.15) is 5.82 Å². The van der Waals surface area contributed by atoms with Gasteiger partial charge in [-0.2, -0.15) is 10.2 Å². The van der Waals surface area contributed by atoms with E-state index in [2.05, 4.69) is 27.4 Å². The lowest BCUT2D eigenvalue weighted by atomic mass is 9.70. The van der Waals surface area contributed by atoms with Gasteiger partial charge in [-0.3, -0.25) is 9.59 Å². The summed E-state index contributed by atoms with van der Waals surface area (Å²) in [7, 11) is 0. The number of amides is 1. The Hall–Kier alpha value is -3.06. The first-order chi connectivity index (χ1) is 16.3. The van der Waals surface area contributed by atoms with E-state index in [0.29, 0.717) is 29.9 Å². The van der Waals surface area contributed by atoms with E-state index in [1.54, 1.807) is 17.8 Å². The summed E-state index contributed by atoms with van der Waals surface area (Å²) in [4.78, 5) is 32.0. The van der Waals surface area contributed by atoms with Crippen molar-refractivity contribution in [1.82, 2.24) is 15.2 Å². The summed E-state index contributed by atoms with van der Waals surface area (Å²) in [6, 6.07) is 13.7. The molecule has 1 N–H and O–H groups in total. The average Bonchev–Trinajstić information content (AvgIpc) is 2.83. The molecule has 7 heteroatoms. The molecular weight excluding hydrogens is 444 g/mol. The van der Waals surface area contributed by atoms with Crippen LogP contribution in [-0.2, 0) is 29.5 Å². The van der Waals surface area contributed by atoms with Crippen molar-refractivity contribution in [3.05, 3.63) is 76.2 Å². The van der Waals surface area contributed by atoms with Gasteiger partial charge < -0.3 is 5.32 Å². The number of nitrogens with zero attached hydrogens (tertiary/aromatic N) is 3. The molecule has 0 spiro atoms. The SMILES string of the molecule is CCSc1ccc(CC(=O)Nc2cc(C)c3c(n2)CCC(C)(c2ccc(CC)nn2)C3=O)cc1. The Bertz CT molecular complexity index is 1210. The third-order valence-electron chi connectivity index (χ3n) is 6.40. The van der Waals surface area contributed by atoms with Gasteiger partial charge >= 0.3 is 0 Å². The Morgan fingerprint density at radius 1 is 1.12 bits per heavy atom. The molecular formula is C27H30N4O2S. The van der Waals surface area contributed by atoms with Crippen LogP contribution in [0.5, 0.6) is 0 Å². The number of carbonyl (C=O) groups is 2. The molecule has 1 aliphatic rings. The van der Waals surface area contributed by atoms with E-state index in [1.807, 2.05) is 57.2 Å². The van der Waals surface area contributed by atoms with Gasteiger partial charge in [-0.05, 0) is 80.3 Å². The molecule has 0 bridgehead atoms. The first-order valence-electron chi connectivity index (χ1n) is 11.7. The van der Waals surface area contributed by atoms with Crippen LogP contribution in [0.1, 0.15) is 65.8 Å². The van der Waals surface area contributed by atoms with Crippen molar-refractivity contribution in [3.63, 3.8) is 0 Å². The maximum atomic E-state index is 13.6. The number of ketones is 1. The van der Waals surface area contributed by atoms with Crippen molar-refractivity contribution >= 4 is 29.3 Å². The van der Waals surface area contributed by atoms with Crippen LogP contribution in [0.4, 0.5) is 5.82 Å². The number of pyridine rings is 1. The van der Waals surface area contributed by atoms with Gasteiger partial charge in [-0.15, -0.1) is 11.8 Å². The smallest absolute Gasteiger partial charge is 0.229 e. The Labute approximate surface area is 205 Å². The summed E-state index contributed by atoms with van der Waals surface area (Å²) in [5, 5.41) is 11.5. The largest absolute Gasteiger partial charge is 0.310 e. The summed E-state index contributed by atoms with van der Waals surface area (Å²) in [5.74, 6) is 1.40. The zero-order valence-corrected chi connectivity index (χ0v) is 21.0. The third-order valence-corrected chi connectivity index (χ3v) is 7.29. The molecule has 34 heavy (non-hydrogen) atoms. The van der Waals surface area contributed by atoms with Crippen molar-refractivity contribution in [3.8, 4) is 0 Å². The molecule has 0 saturated carbocycles. The van der Waals surface area contributed by atoms with Crippen LogP contribution >= 0.6 is 11.8 Å². The first kappa shape index (κ1) is 24.1. The maximum Gasteiger partial charge on any atom is 0.229 e. The van der Waals surface area contributed by atoms with E-state index < -0.39 is 5.41 Å². The number of carbonyl (C=O) groups excluding carboxylic acids is 2. The van der Waals surface area contributed by atoms with Crippen LogP contribution in [0.15, 0.2) is 47.4 Å². The fourth-order valence-electron chi connectivity index (χ4n) is 4.38. The predicted molar refractivity (Wildman–Crippen MR) is 136 cm³/mol. The van der Waals surface area contributed by atoms with Gasteiger partial charge in [-0.25, -0.2) is 4.98 Å². The molecule has 0 radical (unpaired) electrons. The molecule has 4 rings (SSSR count). The molecule has 1 unspecified atom stereocenters. The Balaban J connectivity index is 1.50. The Morgan fingerprint density at radius 2 is 1.88 bits per heavy atom. The number of thioether (sulfide) groups is 1. The molecule has 1 aromatic carbocycles. The number of nitrogens with one attached hydrogen (secondary N) is 1. The highest BCUT2D eigenvalue weighted by molar-refractivity contribution is 7.99. The summed E-state index contributed by atoms with van der Waals surface area (Å²) >= 11 is 1.77. The maximum absolute atomic E-state index is 13.6. The summed E-state index contributed by atoms with van der Waals surface area (Å²) in [6.07, 6.45) is 2.32. The number of fused-ring (bicyclic) bond motifs is 1. The molecule has 1 amide bonds. The molecule has 0 saturated heterocycles. The van der Waals surface area contributed by atoms with Crippen molar-refractivity contribution in [1.29, 1.82) is 0 Å². The quantitative estimate of drug-likeness (QED) is 0.478. The van der Waals surface area contributed by atoms with Crippen LogP contribution in [-0.4, -0.2) is 32.6 Å². The van der Waals surface area contributed by atoms with E-state index >= 15 is 0 Å². The second kappa shape index (κ2) is 10.1. The number of anilines is 1. The zero-order valence-electron chi connectivity index (χ0n) is 20.1. The summed E-state index contributed by atoms with van der Waals surface area (Å²) in [5.41, 5.74) is 4.01. The number of Topliss-reactive ketones (excluding diaryl/α,β-unsaturated/α-hetero) is 1. The number of rotatable bonds is 7. The highest BCUT2D eigenvalue weighted by atomic mass is 32.2. The third kappa shape index (κ3) is 4.89. The molecule has 2 aromatic heterocycles. The van der Waals surface area contributed by atoms with Gasteiger partial charge in [0, 0.05) is 10.5 Å². The minimum atomic E-state index is -0.730. The number of hydrogen-bond acceptors (Lipinski definition) is 6. The Morgan fingerprint density at radius 3 is 2.53 bits per heavy atom. The first-order valence-corrected chi connectivity index (χ1v) is 12.7. The highest BCUT2D eigenvalue weighted by Gasteiger charge is 2.42. The molecule has 1 atom stereocenters. The topological polar surface area (TPSA) is 84.8 Å². The van der Waals surface area contributed by atoms with Crippen molar-refractivity contribution in [2.45, 2.75) is 63.7 Å². The van der Waals surface area contributed by atoms with E-state index in [1.165, 1.54) is 4.90 Å². The average molecular weight is 475 g/mol. The molecule has 0 aliphatic heterocycles. The summed E-state index contributed by atoms with van der Waals surface area (Å²) < 4.78 is 0. The number of hydrogen-bond donors (Lipinski definition) is 1. The molecule has 176 valence electrons. The van der Waals surface area contributed by atoms with Gasteiger partial charge in [0.25, 0.3) is 0 Å². The molecule has 1 aliphatic carbocycles. The van der Waals surface area contributed by atoms with Crippen LogP contribution in [0.3, 0.4) is 0 Å². The lowest BCUT2D eigenvalue weighted by Crippen LogP contribution is -2.39. The van der Waals surface area contributed by atoms with Gasteiger partial charge in [-0.1, -0.05) is 26.0 Å². The predicted octanol–water partition coefficient (Wildman–Crippen LogP) is 5.12. The van der Waals surface area contributed by atoms with Gasteiger partial charge in [0.05, 0.1) is 28.9 Å². The van der Waals surface area contributed by atoms with Crippen LogP contribution in [0.25, 0.3) is 0 Å². The van der Waals surface area contributed by atoms with Gasteiger partial charge in [0.2, 0.25) is 5.91 Å². The van der Waals surface area contributed by atoms with Gasteiger partial charge in [0.15, 0.2) is 5.78 Å². The normalized spacial score (nSPS) is 17.4. The lowest BCUT2D eigenvalue weighted by Gasteiger charge is -2.33. The molecule has 0 fully saturated rings. The Kier molecular flexibility index (Phi) is 7.12. The lowest BCUT2D eigenvalue weighted by molar-refractivity contribution is -0.115. The standard InChI is InChI=1S/C27H30N4O2S/c1-5-19-9-12-22(31-30-19)27(4)14-13-21-25(26(27)33)17(3)15-23(28-21)29-24(32)16-18-7-10-20(11-8-18)34-6-2/h7-12,15H,5-6,13-14,16H2,1-4H3,(H,28,29,32). The minimum absolute atomic E-state index is 0.0141. The van der Waals surface area contributed by atoms with E-state index in [4.69, 9.17) is 0 Å². The van der Waals surface area contributed by atoms with E-state index in [9.17, 15) is 9.59 Å². The second-order valence-corrected chi connectivity index (χ2v) is 10.2. The van der Waals surface area contributed by atoms with Crippen LogP contribution < -0.4 is 5.32 Å². The second-order valence-electron chi connectivity index (χ2n) is 8.87. The molecule has 6 nitrogen and oxygen atoms in total. The van der Waals surface area contributed by atoms with Crippen LogP contribution in [0, 0.1) is 6.92 Å². The number of aryl methyl sites for hydroxylation is 3. The van der Waals surface area contributed by atoms with E-state index in [0.717, 1.165) is 34.7 Å². The number of benzene rings is 1.